The lowest BCUT2D eigenvalue weighted by Crippen LogP contribution is -2.17. The Bertz CT molecular complexity index is 192. The molecule has 0 bridgehead atoms. The molecular formula is C5H11O5PS. The molecule has 1 fully saturated rings. The van der Waals surface area contributed by atoms with Crippen molar-refractivity contribution in [3.05, 3.63) is 0 Å². The molecule has 0 spiro atoms. The van der Waals surface area contributed by atoms with Gasteiger partial charge in [0.2, 0.25) is 0 Å². The summed E-state index contributed by atoms with van der Waals surface area (Å²) in [7, 11) is 0. The highest BCUT2D eigenvalue weighted by Gasteiger charge is 2.24. The minimum Gasteiger partial charge on any atom is -0.350 e. The summed E-state index contributed by atoms with van der Waals surface area (Å²) in [6, 6.07) is 0. The third kappa shape index (κ3) is 3.91. The molecule has 0 aromatic carbocycles. The molecule has 12 heavy (non-hydrogen) atoms. The average molecular weight is 214 g/mol. The van der Waals surface area contributed by atoms with Gasteiger partial charge in [0, 0.05) is 0 Å². The smallest absolute Gasteiger partial charge is 0.321 e. The fraction of sp³-hybridized carbons (Fsp3) is 1.00. The van der Waals surface area contributed by atoms with Crippen LogP contribution in [0.4, 0.5) is 0 Å². The summed E-state index contributed by atoms with van der Waals surface area (Å²) in [6.07, 6.45) is -0.504. The van der Waals surface area contributed by atoms with Crippen molar-refractivity contribution in [2.75, 3.05) is 13.2 Å². The van der Waals surface area contributed by atoms with Crippen LogP contribution in [0, 0.1) is 0 Å². The van der Waals surface area contributed by atoms with Gasteiger partial charge in [0.05, 0.1) is 13.2 Å². The predicted molar refractivity (Wildman–Crippen MR) is 45.0 cm³/mol. The summed E-state index contributed by atoms with van der Waals surface area (Å²) in [5.74, 6) is 0. The molecule has 1 rings (SSSR count). The van der Waals surface area contributed by atoms with Crippen LogP contribution in [0.25, 0.3) is 0 Å². The van der Waals surface area contributed by atoms with Gasteiger partial charge in [0.1, 0.15) is 6.10 Å². The van der Waals surface area contributed by atoms with Gasteiger partial charge in [-0.05, 0) is 18.7 Å². The van der Waals surface area contributed by atoms with Crippen LogP contribution in [-0.2, 0) is 25.8 Å². The highest BCUT2D eigenvalue weighted by molar-refractivity contribution is 8.06. The van der Waals surface area contributed by atoms with E-state index >= 15 is 0 Å². The topological polar surface area (TPSA) is 68.2 Å². The van der Waals surface area contributed by atoms with Crippen molar-refractivity contribution in [3.8, 4) is 0 Å². The summed E-state index contributed by atoms with van der Waals surface area (Å²) in [4.78, 5) is 17.4. The zero-order valence-corrected chi connectivity index (χ0v) is 8.25. The monoisotopic (exact) mass is 214 g/mol. The number of hydrogen-bond acceptors (Lipinski definition) is 4. The molecule has 0 amide bonds. The second kappa shape index (κ2) is 4.11. The van der Waals surface area contributed by atoms with Crippen LogP contribution in [0.5, 0.6) is 0 Å². The van der Waals surface area contributed by atoms with Gasteiger partial charge in [-0.1, -0.05) is 0 Å². The van der Waals surface area contributed by atoms with E-state index in [4.69, 9.17) is 19.3 Å². The summed E-state index contributed by atoms with van der Waals surface area (Å²) in [6.45, 7) is -1.32. The predicted octanol–water partition coefficient (Wildman–Crippen LogP) is -0.0265. The summed E-state index contributed by atoms with van der Waals surface area (Å²) in [5, 5.41) is 0. The van der Waals surface area contributed by atoms with Gasteiger partial charge in [-0.15, -0.1) is 0 Å². The minimum atomic E-state index is -3.54. The van der Waals surface area contributed by atoms with Crippen molar-refractivity contribution in [2.45, 2.75) is 19.3 Å². The molecule has 1 heterocycles. The van der Waals surface area contributed by atoms with E-state index < -0.39 is 6.72 Å². The molecule has 7 heteroatoms. The number of rotatable bonds is 3. The van der Waals surface area contributed by atoms with E-state index in [1.165, 1.54) is 0 Å². The summed E-state index contributed by atoms with van der Waals surface area (Å²) < 4.78 is 14.8. The number of hydrogen-bond donors (Lipinski definition) is 2. The first kappa shape index (κ1) is 10.5. The molecule has 1 saturated heterocycles. The van der Waals surface area contributed by atoms with E-state index in [-0.39, 0.29) is 19.0 Å². The van der Waals surface area contributed by atoms with E-state index in [0.717, 1.165) is 0 Å². The molecular weight excluding hydrogens is 203 g/mol. The van der Waals surface area contributed by atoms with Crippen LogP contribution in [0.1, 0.15) is 6.92 Å². The second-order valence-electron chi connectivity index (χ2n) is 2.45. The van der Waals surface area contributed by atoms with Crippen molar-refractivity contribution in [2.24, 2.45) is 0 Å². The SMILES string of the molecule is C[C@H]1OC[C@@H](COP(O)(O)=S)O1. The fourth-order valence-electron chi connectivity index (χ4n) is 0.860. The zero-order valence-electron chi connectivity index (χ0n) is 6.54. The van der Waals surface area contributed by atoms with Crippen molar-refractivity contribution in [3.63, 3.8) is 0 Å². The second-order valence-corrected chi connectivity index (χ2v) is 5.11. The average Bonchev–Trinajstić information content (AvgIpc) is 2.30. The Labute approximate surface area is 75.5 Å². The Balaban J connectivity index is 2.21. The molecule has 0 aliphatic carbocycles. The van der Waals surface area contributed by atoms with Gasteiger partial charge in [-0.25, -0.2) is 0 Å². The maximum absolute atomic E-state index is 8.71. The van der Waals surface area contributed by atoms with Crippen LogP contribution in [0.2, 0.25) is 0 Å². The molecule has 0 unspecified atom stereocenters. The third-order valence-electron chi connectivity index (χ3n) is 1.33. The largest absolute Gasteiger partial charge is 0.350 e. The van der Waals surface area contributed by atoms with Crippen molar-refractivity contribution in [1.82, 2.24) is 0 Å². The maximum Gasteiger partial charge on any atom is 0.321 e. The van der Waals surface area contributed by atoms with Crippen LogP contribution >= 0.6 is 6.72 Å². The third-order valence-corrected chi connectivity index (χ3v) is 2.13. The molecule has 5 nitrogen and oxygen atoms in total. The zero-order chi connectivity index (χ0) is 9.19. The minimum absolute atomic E-state index is 0.0641. The lowest BCUT2D eigenvalue weighted by atomic mass is 10.4. The lowest BCUT2D eigenvalue weighted by molar-refractivity contribution is -0.0493. The van der Waals surface area contributed by atoms with Crippen molar-refractivity contribution in [1.29, 1.82) is 0 Å². The van der Waals surface area contributed by atoms with E-state index in [1.807, 2.05) is 0 Å². The summed E-state index contributed by atoms with van der Waals surface area (Å²) >= 11 is 4.25. The van der Waals surface area contributed by atoms with Gasteiger partial charge >= 0.3 is 6.72 Å². The van der Waals surface area contributed by atoms with Crippen LogP contribution < -0.4 is 0 Å². The van der Waals surface area contributed by atoms with E-state index in [2.05, 4.69) is 16.3 Å². The first-order valence-corrected chi connectivity index (χ1v) is 6.07. The van der Waals surface area contributed by atoms with Gasteiger partial charge in [0.15, 0.2) is 6.29 Å². The van der Waals surface area contributed by atoms with E-state index in [0.29, 0.717) is 6.61 Å². The van der Waals surface area contributed by atoms with E-state index in [9.17, 15) is 0 Å². The highest BCUT2D eigenvalue weighted by atomic mass is 32.5. The lowest BCUT2D eigenvalue weighted by Gasteiger charge is -2.11. The molecule has 0 aromatic heterocycles. The standard InChI is InChI=1S/C5H11O5PS/c1-4-8-2-5(10-4)3-9-11(6,7)12/h4-5H,2-3H2,1H3,(H2,6,7,12)/t4-,5-/m0/s1. The van der Waals surface area contributed by atoms with Gasteiger partial charge in [0.25, 0.3) is 0 Å². The Morgan fingerprint density at radius 1 is 1.67 bits per heavy atom. The number of ether oxygens (including phenoxy) is 2. The fourth-order valence-corrected chi connectivity index (χ4v) is 1.40. The molecule has 1 aliphatic heterocycles. The van der Waals surface area contributed by atoms with Gasteiger partial charge in [-0.2, -0.15) is 0 Å². The first-order chi connectivity index (χ1) is 5.47. The quantitative estimate of drug-likeness (QED) is 0.643. The first-order valence-electron chi connectivity index (χ1n) is 3.44. The van der Waals surface area contributed by atoms with Crippen LogP contribution in [0.15, 0.2) is 0 Å². The Morgan fingerprint density at radius 2 is 2.33 bits per heavy atom. The van der Waals surface area contributed by atoms with E-state index in [1.54, 1.807) is 6.92 Å². The van der Waals surface area contributed by atoms with Crippen LogP contribution in [0.3, 0.4) is 0 Å². The summed E-state index contributed by atoms with van der Waals surface area (Å²) in [5.41, 5.74) is 0. The Kier molecular flexibility index (Phi) is 3.60. The van der Waals surface area contributed by atoms with Crippen LogP contribution in [-0.4, -0.2) is 35.4 Å². The van der Waals surface area contributed by atoms with Gasteiger partial charge in [-0.3, -0.25) is 0 Å². The molecule has 1 aliphatic rings. The Morgan fingerprint density at radius 3 is 2.75 bits per heavy atom. The molecule has 2 N–H and O–H groups in total. The van der Waals surface area contributed by atoms with Crippen molar-refractivity contribution < 1.29 is 23.8 Å². The van der Waals surface area contributed by atoms with Crippen molar-refractivity contribution >= 4 is 18.5 Å². The molecule has 72 valence electrons. The van der Waals surface area contributed by atoms with Gasteiger partial charge < -0.3 is 23.8 Å². The molecule has 0 radical (unpaired) electrons. The Hall–Kier alpha value is 0.450. The highest BCUT2D eigenvalue weighted by Crippen LogP contribution is 2.36. The normalized spacial score (nSPS) is 30.9. The molecule has 2 atom stereocenters. The maximum atomic E-state index is 8.71. The molecule has 0 aromatic rings. The molecule has 0 saturated carbocycles.